The molecule has 3 atom stereocenters. The van der Waals surface area contributed by atoms with Crippen LogP contribution in [0.1, 0.15) is 37.7 Å². The first-order chi connectivity index (χ1) is 12.6. The molecule has 6 nitrogen and oxygen atoms in total. The molecule has 0 unspecified atom stereocenters. The van der Waals surface area contributed by atoms with Gasteiger partial charge in [0.1, 0.15) is 0 Å². The van der Waals surface area contributed by atoms with E-state index in [4.69, 9.17) is 14.2 Å². The molecule has 1 aromatic carbocycles. The monoisotopic (exact) mass is 361 g/mol. The molecule has 142 valence electrons. The van der Waals surface area contributed by atoms with E-state index in [2.05, 4.69) is 5.32 Å². The Morgan fingerprint density at radius 2 is 1.92 bits per heavy atom. The SMILES string of the molecule is COc1ccc(CNC(=O)COC(=O)C[C@@H]2C[C@H]3CC[C@@H]2C3)cc1OC. The van der Waals surface area contributed by atoms with Crippen LogP contribution in [0.3, 0.4) is 0 Å². The zero-order valence-corrected chi connectivity index (χ0v) is 15.5. The summed E-state index contributed by atoms with van der Waals surface area (Å²) < 4.78 is 15.6. The van der Waals surface area contributed by atoms with Gasteiger partial charge in [0, 0.05) is 13.0 Å². The van der Waals surface area contributed by atoms with Crippen LogP contribution >= 0.6 is 0 Å². The van der Waals surface area contributed by atoms with Gasteiger partial charge in [-0.2, -0.15) is 0 Å². The number of carbonyl (C=O) groups excluding carboxylic acids is 2. The molecule has 2 fully saturated rings. The first kappa shape index (κ1) is 18.5. The second-order valence-electron chi connectivity index (χ2n) is 7.27. The summed E-state index contributed by atoms with van der Waals surface area (Å²) in [5.41, 5.74) is 0.879. The number of carbonyl (C=O) groups is 2. The Morgan fingerprint density at radius 3 is 2.58 bits per heavy atom. The summed E-state index contributed by atoms with van der Waals surface area (Å²) >= 11 is 0. The Hall–Kier alpha value is -2.24. The number of nitrogens with one attached hydrogen (secondary N) is 1. The van der Waals surface area contributed by atoms with Gasteiger partial charge < -0.3 is 19.5 Å². The van der Waals surface area contributed by atoms with Crippen LogP contribution < -0.4 is 14.8 Å². The Kier molecular flexibility index (Phi) is 6.01. The average Bonchev–Trinajstić information content (AvgIpc) is 3.27. The summed E-state index contributed by atoms with van der Waals surface area (Å²) in [6, 6.07) is 5.44. The van der Waals surface area contributed by atoms with Crippen molar-refractivity contribution in [3.8, 4) is 11.5 Å². The van der Waals surface area contributed by atoms with Crippen molar-refractivity contribution in [1.29, 1.82) is 0 Å². The highest BCUT2D eigenvalue weighted by Crippen LogP contribution is 2.49. The molecule has 26 heavy (non-hydrogen) atoms. The minimum atomic E-state index is -0.305. The Morgan fingerprint density at radius 1 is 1.12 bits per heavy atom. The van der Waals surface area contributed by atoms with Crippen molar-refractivity contribution < 1.29 is 23.8 Å². The van der Waals surface area contributed by atoms with Crippen molar-refractivity contribution in [3.63, 3.8) is 0 Å². The number of ether oxygens (including phenoxy) is 3. The molecule has 0 aromatic heterocycles. The van der Waals surface area contributed by atoms with Crippen molar-refractivity contribution in [1.82, 2.24) is 5.32 Å². The van der Waals surface area contributed by atoms with Gasteiger partial charge in [0.15, 0.2) is 18.1 Å². The molecule has 1 aromatic rings. The Bertz CT molecular complexity index is 660. The van der Waals surface area contributed by atoms with E-state index in [-0.39, 0.29) is 18.5 Å². The summed E-state index contributed by atoms with van der Waals surface area (Å²) in [7, 11) is 3.14. The summed E-state index contributed by atoms with van der Waals surface area (Å²) in [6.07, 6.45) is 5.42. The Labute approximate surface area is 154 Å². The first-order valence-corrected chi connectivity index (χ1v) is 9.22. The van der Waals surface area contributed by atoms with E-state index >= 15 is 0 Å². The van der Waals surface area contributed by atoms with Crippen LogP contribution in [0.15, 0.2) is 18.2 Å². The topological polar surface area (TPSA) is 73.9 Å². The van der Waals surface area contributed by atoms with Crippen LogP contribution in [0.25, 0.3) is 0 Å². The highest BCUT2D eigenvalue weighted by atomic mass is 16.5. The maximum absolute atomic E-state index is 12.0. The molecule has 2 aliphatic carbocycles. The number of esters is 1. The molecule has 2 aliphatic rings. The van der Waals surface area contributed by atoms with Crippen LogP contribution in [0.5, 0.6) is 11.5 Å². The van der Waals surface area contributed by atoms with Crippen molar-refractivity contribution in [3.05, 3.63) is 23.8 Å². The van der Waals surface area contributed by atoms with E-state index in [1.54, 1.807) is 26.4 Å². The van der Waals surface area contributed by atoms with Crippen LogP contribution in [-0.2, 0) is 20.9 Å². The number of methoxy groups -OCH3 is 2. The van der Waals surface area contributed by atoms with Crippen LogP contribution in [0.2, 0.25) is 0 Å². The highest BCUT2D eigenvalue weighted by Gasteiger charge is 2.40. The molecular weight excluding hydrogens is 334 g/mol. The lowest BCUT2D eigenvalue weighted by Crippen LogP contribution is -2.29. The van der Waals surface area contributed by atoms with Gasteiger partial charge in [-0.1, -0.05) is 12.5 Å². The molecule has 6 heteroatoms. The molecule has 0 aliphatic heterocycles. The van der Waals surface area contributed by atoms with E-state index in [1.165, 1.54) is 19.3 Å². The normalized spacial score (nSPS) is 23.5. The fourth-order valence-electron chi connectivity index (χ4n) is 4.29. The lowest BCUT2D eigenvalue weighted by molar-refractivity contribution is -0.149. The van der Waals surface area contributed by atoms with E-state index in [0.717, 1.165) is 17.9 Å². The van der Waals surface area contributed by atoms with Gasteiger partial charge in [-0.15, -0.1) is 0 Å². The van der Waals surface area contributed by atoms with Gasteiger partial charge in [-0.3, -0.25) is 9.59 Å². The summed E-state index contributed by atoms with van der Waals surface area (Å²) in [5, 5.41) is 2.75. The summed E-state index contributed by atoms with van der Waals surface area (Å²) in [4.78, 5) is 23.9. The van der Waals surface area contributed by atoms with Crippen molar-refractivity contribution in [2.45, 2.75) is 38.6 Å². The molecule has 1 N–H and O–H groups in total. The van der Waals surface area contributed by atoms with Gasteiger partial charge >= 0.3 is 5.97 Å². The second-order valence-corrected chi connectivity index (χ2v) is 7.27. The lowest BCUT2D eigenvalue weighted by Gasteiger charge is -2.20. The minimum Gasteiger partial charge on any atom is -0.493 e. The van der Waals surface area contributed by atoms with Crippen molar-refractivity contribution in [2.75, 3.05) is 20.8 Å². The maximum atomic E-state index is 12.0. The lowest BCUT2D eigenvalue weighted by atomic mass is 9.86. The molecular formula is C20H27NO5. The summed E-state index contributed by atoms with van der Waals surface area (Å²) in [6.45, 7) is 0.107. The third kappa shape index (κ3) is 4.48. The molecule has 0 heterocycles. The third-order valence-electron chi connectivity index (χ3n) is 5.62. The number of amides is 1. The van der Waals surface area contributed by atoms with Gasteiger partial charge in [0.05, 0.1) is 14.2 Å². The van der Waals surface area contributed by atoms with E-state index in [9.17, 15) is 9.59 Å². The predicted molar refractivity (Wildman–Crippen MR) is 95.9 cm³/mol. The van der Waals surface area contributed by atoms with Crippen LogP contribution in [-0.4, -0.2) is 32.7 Å². The zero-order valence-electron chi connectivity index (χ0n) is 15.5. The predicted octanol–water partition coefficient (Wildman–Crippen LogP) is 2.69. The molecule has 0 spiro atoms. The van der Waals surface area contributed by atoms with Crippen LogP contribution in [0.4, 0.5) is 0 Å². The number of hydrogen-bond donors (Lipinski definition) is 1. The fourth-order valence-corrected chi connectivity index (χ4v) is 4.29. The highest BCUT2D eigenvalue weighted by molar-refractivity contribution is 5.80. The molecule has 3 rings (SSSR count). The quantitative estimate of drug-likeness (QED) is 0.721. The molecule has 0 radical (unpaired) electrons. The number of hydrogen-bond acceptors (Lipinski definition) is 5. The van der Waals surface area contributed by atoms with Crippen LogP contribution in [0, 0.1) is 17.8 Å². The van der Waals surface area contributed by atoms with Crippen molar-refractivity contribution >= 4 is 11.9 Å². The fraction of sp³-hybridized carbons (Fsp3) is 0.600. The number of benzene rings is 1. The summed E-state index contributed by atoms with van der Waals surface area (Å²) in [5.74, 6) is 2.63. The molecule has 1 amide bonds. The van der Waals surface area contributed by atoms with Gasteiger partial charge in [0.2, 0.25) is 0 Å². The number of rotatable bonds is 8. The van der Waals surface area contributed by atoms with E-state index < -0.39 is 0 Å². The van der Waals surface area contributed by atoms with Gasteiger partial charge in [-0.25, -0.2) is 0 Å². The molecule has 2 bridgehead atoms. The number of fused-ring (bicyclic) bond motifs is 2. The van der Waals surface area contributed by atoms with Gasteiger partial charge in [0.25, 0.3) is 5.91 Å². The standard InChI is InChI=1S/C20H27NO5/c1-24-17-6-4-14(9-18(17)25-2)11-21-19(22)12-26-20(23)10-16-8-13-3-5-15(16)7-13/h4,6,9,13,15-16H,3,5,7-8,10-12H2,1-2H3,(H,21,22)/t13-,15+,16-/m0/s1. The first-order valence-electron chi connectivity index (χ1n) is 9.22. The van der Waals surface area contributed by atoms with E-state index in [0.29, 0.717) is 36.3 Å². The Balaban J connectivity index is 1.38. The van der Waals surface area contributed by atoms with Crippen molar-refractivity contribution in [2.24, 2.45) is 17.8 Å². The average molecular weight is 361 g/mol. The minimum absolute atomic E-state index is 0.229. The zero-order chi connectivity index (χ0) is 18.5. The second kappa shape index (κ2) is 8.43. The van der Waals surface area contributed by atoms with Gasteiger partial charge in [-0.05, 0) is 54.7 Å². The third-order valence-corrected chi connectivity index (χ3v) is 5.62. The molecule has 0 saturated heterocycles. The molecule has 2 saturated carbocycles. The smallest absolute Gasteiger partial charge is 0.306 e. The van der Waals surface area contributed by atoms with E-state index in [1.807, 2.05) is 6.07 Å². The largest absolute Gasteiger partial charge is 0.493 e. The maximum Gasteiger partial charge on any atom is 0.306 e.